The Morgan fingerprint density at radius 3 is 3.12 bits per heavy atom. The van der Waals surface area contributed by atoms with Gasteiger partial charge in [0.1, 0.15) is 5.51 Å². The van der Waals surface area contributed by atoms with E-state index in [1.807, 2.05) is 6.92 Å². The van der Waals surface area contributed by atoms with Crippen LogP contribution >= 0.6 is 23.1 Å². The Kier molecular flexibility index (Phi) is 4.17. The quantitative estimate of drug-likeness (QED) is 0.819. The third kappa shape index (κ3) is 3.18. The van der Waals surface area contributed by atoms with Crippen LogP contribution in [0.4, 0.5) is 0 Å². The molecule has 6 heteroatoms. The molecule has 1 heterocycles. The fraction of sp³-hybridized carbons (Fsp3) is 0.700. The third-order valence-electron chi connectivity index (χ3n) is 2.78. The number of nitrogens with one attached hydrogen (secondary N) is 1. The molecular formula is C10H15N3OS2. The van der Waals surface area contributed by atoms with E-state index in [-0.39, 0.29) is 11.2 Å². The van der Waals surface area contributed by atoms with Crippen molar-refractivity contribution in [2.45, 2.75) is 35.8 Å². The van der Waals surface area contributed by atoms with Crippen molar-refractivity contribution in [2.24, 2.45) is 5.92 Å². The van der Waals surface area contributed by atoms with Crippen LogP contribution in [0.5, 0.6) is 0 Å². The van der Waals surface area contributed by atoms with E-state index < -0.39 is 0 Å². The first-order chi connectivity index (χ1) is 7.75. The van der Waals surface area contributed by atoms with Gasteiger partial charge in [-0.1, -0.05) is 29.5 Å². The maximum Gasteiger partial charge on any atom is 0.233 e. The summed E-state index contributed by atoms with van der Waals surface area (Å²) in [5.74, 6) is 0.815. The number of hydrogen-bond acceptors (Lipinski definition) is 5. The van der Waals surface area contributed by atoms with Gasteiger partial charge in [0.15, 0.2) is 4.34 Å². The molecule has 1 aliphatic rings. The van der Waals surface area contributed by atoms with Gasteiger partial charge in [-0.3, -0.25) is 4.79 Å². The molecule has 0 bridgehead atoms. The van der Waals surface area contributed by atoms with Crippen LogP contribution in [-0.4, -0.2) is 27.9 Å². The SMILES string of the molecule is C[C@@H](Sc1nncs1)C(=O)NCC1CCC1. The van der Waals surface area contributed by atoms with E-state index in [1.165, 1.54) is 42.4 Å². The predicted molar refractivity (Wildman–Crippen MR) is 65.6 cm³/mol. The van der Waals surface area contributed by atoms with Crippen LogP contribution in [0.15, 0.2) is 9.85 Å². The number of thioether (sulfide) groups is 1. The standard InChI is InChI=1S/C10H15N3OS2/c1-7(16-10-13-12-6-15-10)9(14)11-5-8-3-2-4-8/h6-8H,2-5H2,1H3,(H,11,14)/t7-/m1/s1. The van der Waals surface area contributed by atoms with E-state index in [9.17, 15) is 4.79 Å². The average molecular weight is 257 g/mol. The molecule has 1 amide bonds. The largest absolute Gasteiger partial charge is 0.355 e. The van der Waals surface area contributed by atoms with Crippen LogP contribution in [-0.2, 0) is 4.79 Å². The van der Waals surface area contributed by atoms with E-state index in [0.717, 1.165) is 10.9 Å². The molecule has 0 saturated heterocycles. The summed E-state index contributed by atoms with van der Waals surface area (Å²) in [7, 11) is 0. The van der Waals surface area contributed by atoms with Crippen LogP contribution in [0, 0.1) is 5.92 Å². The lowest BCUT2D eigenvalue weighted by Crippen LogP contribution is -2.36. The Balaban J connectivity index is 1.71. The molecule has 2 rings (SSSR count). The van der Waals surface area contributed by atoms with Gasteiger partial charge < -0.3 is 5.32 Å². The molecule has 1 aliphatic carbocycles. The van der Waals surface area contributed by atoms with E-state index in [1.54, 1.807) is 5.51 Å². The average Bonchev–Trinajstić information content (AvgIpc) is 2.67. The molecule has 1 aromatic heterocycles. The van der Waals surface area contributed by atoms with Crippen LogP contribution in [0.3, 0.4) is 0 Å². The van der Waals surface area contributed by atoms with Gasteiger partial charge in [-0.05, 0) is 25.7 Å². The van der Waals surface area contributed by atoms with Crippen molar-refractivity contribution < 1.29 is 4.79 Å². The van der Waals surface area contributed by atoms with E-state index in [4.69, 9.17) is 0 Å². The molecule has 16 heavy (non-hydrogen) atoms. The summed E-state index contributed by atoms with van der Waals surface area (Å²) in [6.45, 7) is 2.74. The summed E-state index contributed by atoms with van der Waals surface area (Å²) >= 11 is 2.94. The molecule has 1 aromatic rings. The monoisotopic (exact) mass is 257 g/mol. The number of carbonyl (C=O) groups excluding carboxylic acids is 1. The van der Waals surface area contributed by atoms with Gasteiger partial charge >= 0.3 is 0 Å². The first-order valence-corrected chi connectivity index (χ1v) is 7.22. The van der Waals surface area contributed by atoms with Crippen molar-refractivity contribution in [3.63, 3.8) is 0 Å². The highest BCUT2D eigenvalue weighted by Gasteiger charge is 2.20. The zero-order valence-corrected chi connectivity index (χ0v) is 10.8. The first kappa shape index (κ1) is 11.9. The second kappa shape index (κ2) is 5.63. The molecular weight excluding hydrogens is 242 g/mol. The van der Waals surface area contributed by atoms with Crippen molar-refractivity contribution >= 4 is 29.0 Å². The highest BCUT2D eigenvalue weighted by atomic mass is 32.2. The minimum atomic E-state index is -0.0898. The summed E-state index contributed by atoms with van der Waals surface area (Å²) in [6.07, 6.45) is 3.84. The molecule has 1 fully saturated rings. The zero-order valence-electron chi connectivity index (χ0n) is 9.18. The minimum absolute atomic E-state index is 0.0898. The second-order valence-corrected chi connectivity index (χ2v) is 6.43. The molecule has 1 atom stereocenters. The fourth-order valence-corrected chi connectivity index (χ4v) is 3.15. The van der Waals surface area contributed by atoms with E-state index >= 15 is 0 Å². The number of carbonyl (C=O) groups is 1. The van der Waals surface area contributed by atoms with Crippen LogP contribution in [0.25, 0.3) is 0 Å². The van der Waals surface area contributed by atoms with Crippen LogP contribution < -0.4 is 5.32 Å². The highest BCUT2D eigenvalue weighted by molar-refractivity contribution is 8.02. The Hall–Kier alpha value is -0.620. The smallest absolute Gasteiger partial charge is 0.233 e. The summed E-state index contributed by atoms with van der Waals surface area (Å²) in [5, 5.41) is 10.6. The Morgan fingerprint density at radius 2 is 2.56 bits per heavy atom. The number of aromatic nitrogens is 2. The molecule has 0 aromatic carbocycles. The van der Waals surface area contributed by atoms with Crippen molar-refractivity contribution in [1.29, 1.82) is 0 Å². The predicted octanol–water partition coefficient (Wildman–Crippen LogP) is 1.94. The lowest BCUT2D eigenvalue weighted by molar-refractivity contribution is -0.120. The number of hydrogen-bond donors (Lipinski definition) is 1. The zero-order chi connectivity index (χ0) is 11.4. The Bertz CT molecular complexity index is 338. The maximum atomic E-state index is 11.7. The first-order valence-electron chi connectivity index (χ1n) is 5.46. The van der Waals surface area contributed by atoms with Gasteiger partial charge in [0.2, 0.25) is 5.91 Å². The highest BCUT2D eigenvalue weighted by Crippen LogP contribution is 2.26. The molecule has 0 radical (unpaired) electrons. The lowest BCUT2D eigenvalue weighted by atomic mass is 9.85. The van der Waals surface area contributed by atoms with E-state index in [0.29, 0.717) is 5.92 Å². The van der Waals surface area contributed by atoms with Crippen LogP contribution in [0.2, 0.25) is 0 Å². The van der Waals surface area contributed by atoms with Gasteiger partial charge in [-0.25, -0.2) is 0 Å². The summed E-state index contributed by atoms with van der Waals surface area (Å²) in [6, 6.07) is 0. The van der Waals surface area contributed by atoms with Gasteiger partial charge in [0, 0.05) is 6.54 Å². The Labute approximate surface area is 103 Å². The van der Waals surface area contributed by atoms with Gasteiger partial charge in [0.05, 0.1) is 5.25 Å². The summed E-state index contributed by atoms with van der Waals surface area (Å²) in [4.78, 5) is 11.7. The number of nitrogens with zero attached hydrogens (tertiary/aromatic N) is 2. The fourth-order valence-electron chi connectivity index (χ4n) is 1.50. The summed E-state index contributed by atoms with van der Waals surface area (Å²) in [5.41, 5.74) is 1.68. The minimum Gasteiger partial charge on any atom is -0.355 e. The molecule has 0 aliphatic heterocycles. The van der Waals surface area contributed by atoms with Crippen LogP contribution in [0.1, 0.15) is 26.2 Å². The molecule has 1 saturated carbocycles. The lowest BCUT2D eigenvalue weighted by Gasteiger charge is -2.25. The number of amides is 1. The molecule has 88 valence electrons. The van der Waals surface area contributed by atoms with Crippen molar-refractivity contribution in [2.75, 3.05) is 6.54 Å². The Morgan fingerprint density at radius 1 is 1.75 bits per heavy atom. The molecule has 0 unspecified atom stereocenters. The van der Waals surface area contributed by atoms with Crippen molar-refractivity contribution in [1.82, 2.24) is 15.5 Å². The topological polar surface area (TPSA) is 54.9 Å². The van der Waals surface area contributed by atoms with E-state index in [2.05, 4.69) is 15.5 Å². The third-order valence-corrected chi connectivity index (χ3v) is 4.69. The maximum absolute atomic E-state index is 11.7. The van der Waals surface area contributed by atoms with Crippen molar-refractivity contribution in [3.05, 3.63) is 5.51 Å². The van der Waals surface area contributed by atoms with Gasteiger partial charge in [-0.15, -0.1) is 10.2 Å². The van der Waals surface area contributed by atoms with Gasteiger partial charge in [0.25, 0.3) is 0 Å². The number of rotatable bonds is 5. The van der Waals surface area contributed by atoms with Gasteiger partial charge in [-0.2, -0.15) is 0 Å². The van der Waals surface area contributed by atoms with Crippen molar-refractivity contribution in [3.8, 4) is 0 Å². The summed E-state index contributed by atoms with van der Waals surface area (Å²) < 4.78 is 0.853. The normalized spacial score (nSPS) is 17.8. The molecule has 0 spiro atoms. The molecule has 1 N–H and O–H groups in total. The second-order valence-electron chi connectivity index (χ2n) is 4.01. The molecule has 4 nitrogen and oxygen atoms in total.